The number of carboxylic acid groups (broad SMARTS) is 1. The summed E-state index contributed by atoms with van der Waals surface area (Å²) >= 11 is 1.77. The fourth-order valence-electron chi connectivity index (χ4n) is 2.11. The number of carbonyl (C=O) groups is 2. The Morgan fingerprint density at radius 1 is 1.39 bits per heavy atom. The molecule has 2 rings (SSSR count). The number of carboxylic acids is 1. The molecule has 1 saturated carbocycles. The molecule has 1 atom stereocenters. The van der Waals surface area contributed by atoms with Crippen molar-refractivity contribution in [2.75, 3.05) is 31.1 Å². The first-order valence-electron chi connectivity index (χ1n) is 6.45. The Morgan fingerprint density at radius 3 is 2.83 bits per heavy atom. The second-order valence-electron chi connectivity index (χ2n) is 5.04. The Hall–Kier alpha value is -0.750. The molecule has 0 bridgehead atoms. The highest BCUT2D eigenvalue weighted by molar-refractivity contribution is 7.99. The maximum absolute atomic E-state index is 11.8. The molecular weight excluding hydrogens is 252 g/mol. The topological polar surface area (TPSA) is 69.6 Å². The largest absolute Gasteiger partial charge is 0.481 e. The first-order chi connectivity index (χ1) is 8.65. The second kappa shape index (κ2) is 6.43. The molecular formula is C12H20N2O3S. The fourth-order valence-corrected chi connectivity index (χ4v) is 3.24. The van der Waals surface area contributed by atoms with Crippen molar-refractivity contribution in [1.29, 1.82) is 0 Å². The summed E-state index contributed by atoms with van der Waals surface area (Å²) in [6.45, 7) is 1.93. The summed E-state index contributed by atoms with van der Waals surface area (Å²) in [5, 5.41) is 11.8. The van der Waals surface area contributed by atoms with Crippen molar-refractivity contribution in [3.05, 3.63) is 0 Å². The van der Waals surface area contributed by atoms with Crippen molar-refractivity contribution in [2.24, 2.45) is 5.92 Å². The van der Waals surface area contributed by atoms with Crippen molar-refractivity contribution in [1.82, 2.24) is 10.2 Å². The molecule has 1 unspecified atom stereocenters. The first-order valence-corrected chi connectivity index (χ1v) is 7.61. The van der Waals surface area contributed by atoms with Gasteiger partial charge in [0.2, 0.25) is 5.91 Å². The molecule has 5 nitrogen and oxygen atoms in total. The number of nitrogens with one attached hydrogen (secondary N) is 1. The number of rotatable bonds is 6. The van der Waals surface area contributed by atoms with Crippen LogP contribution in [0.2, 0.25) is 0 Å². The van der Waals surface area contributed by atoms with Crippen LogP contribution in [0.4, 0.5) is 0 Å². The van der Waals surface area contributed by atoms with Crippen LogP contribution in [0.15, 0.2) is 0 Å². The molecule has 18 heavy (non-hydrogen) atoms. The van der Waals surface area contributed by atoms with Gasteiger partial charge < -0.3 is 10.4 Å². The highest BCUT2D eigenvalue weighted by Gasteiger charge is 2.27. The van der Waals surface area contributed by atoms with Crippen molar-refractivity contribution in [2.45, 2.75) is 25.3 Å². The van der Waals surface area contributed by atoms with Gasteiger partial charge in [0.25, 0.3) is 0 Å². The van der Waals surface area contributed by atoms with Gasteiger partial charge in [0.1, 0.15) is 0 Å². The Balaban J connectivity index is 1.76. The summed E-state index contributed by atoms with van der Waals surface area (Å²) in [6.07, 6.45) is 2.58. The molecule has 0 aromatic carbocycles. The Morgan fingerprint density at radius 2 is 2.17 bits per heavy atom. The van der Waals surface area contributed by atoms with Gasteiger partial charge in [-0.3, -0.25) is 14.5 Å². The summed E-state index contributed by atoms with van der Waals surface area (Å²) in [5.74, 6) is 1.71. The van der Waals surface area contributed by atoms with E-state index in [0.29, 0.717) is 12.5 Å². The predicted molar refractivity (Wildman–Crippen MR) is 70.7 cm³/mol. The lowest BCUT2D eigenvalue weighted by atomic mass is 10.2. The summed E-state index contributed by atoms with van der Waals surface area (Å²) in [6, 6.07) is -0.00655. The molecule has 102 valence electrons. The van der Waals surface area contributed by atoms with Crippen molar-refractivity contribution < 1.29 is 14.7 Å². The average Bonchev–Trinajstić information content (AvgIpc) is 3.12. The molecule has 2 aliphatic rings. The molecule has 2 N–H and O–H groups in total. The summed E-state index contributed by atoms with van der Waals surface area (Å²) in [4.78, 5) is 24.6. The minimum absolute atomic E-state index is 0.00655. The van der Waals surface area contributed by atoms with Crippen LogP contribution in [0.1, 0.15) is 19.3 Å². The van der Waals surface area contributed by atoms with Gasteiger partial charge in [-0.25, -0.2) is 0 Å². The zero-order chi connectivity index (χ0) is 13.0. The van der Waals surface area contributed by atoms with Gasteiger partial charge in [0, 0.05) is 30.6 Å². The molecule has 1 aliphatic heterocycles. The Labute approximate surface area is 111 Å². The van der Waals surface area contributed by atoms with Gasteiger partial charge in [-0.15, -0.1) is 0 Å². The summed E-state index contributed by atoms with van der Waals surface area (Å²) in [7, 11) is 0. The lowest BCUT2D eigenvalue weighted by molar-refractivity contribution is -0.138. The fraction of sp³-hybridized carbons (Fsp3) is 0.833. The smallest absolute Gasteiger partial charge is 0.304 e. The quantitative estimate of drug-likeness (QED) is 0.733. The van der Waals surface area contributed by atoms with E-state index >= 15 is 0 Å². The van der Waals surface area contributed by atoms with Crippen LogP contribution in [0.5, 0.6) is 0 Å². The maximum Gasteiger partial charge on any atom is 0.304 e. The molecule has 1 amide bonds. The van der Waals surface area contributed by atoms with Gasteiger partial charge >= 0.3 is 5.97 Å². The number of hydrogen-bond donors (Lipinski definition) is 2. The Kier molecular flexibility index (Phi) is 4.88. The van der Waals surface area contributed by atoms with Gasteiger partial charge in [-0.1, -0.05) is 0 Å². The van der Waals surface area contributed by atoms with E-state index in [9.17, 15) is 9.59 Å². The SMILES string of the molecule is O=C(O)CC1CSCCN1CC(=O)NCC1CC1. The van der Waals surface area contributed by atoms with Crippen molar-refractivity contribution >= 4 is 23.6 Å². The zero-order valence-electron chi connectivity index (χ0n) is 10.4. The molecule has 1 saturated heterocycles. The maximum atomic E-state index is 11.8. The number of aliphatic carboxylic acids is 1. The van der Waals surface area contributed by atoms with Crippen LogP contribution in [0, 0.1) is 5.92 Å². The van der Waals surface area contributed by atoms with Crippen LogP contribution in [-0.4, -0.2) is 59.1 Å². The monoisotopic (exact) mass is 272 g/mol. The average molecular weight is 272 g/mol. The third-order valence-electron chi connectivity index (χ3n) is 3.39. The molecule has 1 aliphatic carbocycles. The van der Waals surface area contributed by atoms with E-state index < -0.39 is 5.97 Å². The van der Waals surface area contributed by atoms with Crippen LogP contribution in [0.3, 0.4) is 0 Å². The van der Waals surface area contributed by atoms with Crippen LogP contribution in [-0.2, 0) is 9.59 Å². The number of thioether (sulfide) groups is 1. The standard InChI is InChI=1S/C12H20N2O3S/c15-11(13-6-9-1-2-9)7-14-3-4-18-8-10(14)5-12(16)17/h9-10H,1-8H2,(H,13,15)(H,16,17). The lowest BCUT2D eigenvalue weighted by Crippen LogP contribution is -2.48. The van der Waals surface area contributed by atoms with E-state index in [1.165, 1.54) is 12.8 Å². The van der Waals surface area contributed by atoms with Crippen molar-refractivity contribution in [3.8, 4) is 0 Å². The van der Waals surface area contributed by atoms with Crippen LogP contribution < -0.4 is 5.32 Å². The molecule has 0 aromatic rings. The molecule has 1 heterocycles. The molecule has 0 radical (unpaired) electrons. The highest BCUT2D eigenvalue weighted by atomic mass is 32.2. The van der Waals surface area contributed by atoms with Gasteiger partial charge in [-0.05, 0) is 18.8 Å². The third-order valence-corrected chi connectivity index (χ3v) is 4.48. The van der Waals surface area contributed by atoms with E-state index in [1.807, 2.05) is 4.90 Å². The molecule has 6 heteroatoms. The first kappa shape index (κ1) is 13.7. The van der Waals surface area contributed by atoms with E-state index in [0.717, 1.165) is 24.6 Å². The van der Waals surface area contributed by atoms with E-state index in [-0.39, 0.29) is 18.4 Å². The highest BCUT2D eigenvalue weighted by Crippen LogP contribution is 2.27. The van der Waals surface area contributed by atoms with E-state index in [1.54, 1.807) is 11.8 Å². The van der Waals surface area contributed by atoms with Crippen molar-refractivity contribution in [3.63, 3.8) is 0 Å². The van der Waals surface area contributed by atoms with Crippen LogP contribution >= 0.6 is 11.8 Å². The summed E-state index contributed by atoms with van der Waals surface area (Å²) in [5.41, 5.74) is 0. The Bertz CT molecular complexity index is 320. The molecule has 0 spiro atoms. The third kappa shape index (κ3) is 4.49. The van der Waals surface area contributed by atoms with Crippen LogP contribution in [0.25, 0.3) is 0 Å². The number of hydrogen-bond acceptors (Lipinski definition) is 4. The summed E-state index contributed by atoms with van der Waals surface area (Å²) < 4.78 is 0. The predicted octanol–water partition coefficient (Wildman–Crippen LogP) is 0.405. The zero-order valence-corrected chi connectivity index (χ0v) is 11.2. The lowest BCUT2D eigenvalue weighted by Gasteiger charge is -2.33. The second-order valence-corrected chi connectivity index (χ2v) is 6.19. The number of amides is 1. The minimum atomic E-state index is -0.786. The van der Waals surface area contributed by atoms with Gasteiger partial charge in [-0.2, -0.15) is 11.8 Å². The van der Waals surface area contributed by atoms with E-state index in [4.69, 9.17) is 5.11 Å². The van der Waals surface area contributed by atoms with E-state index in [2.05, 4.69) is 5.32 Å². The number of nitrogens with zero attached hydrogens (tertiary/aromatic N) is 1. The minimum Gasteiger partial charge on any atom is -0.481 e. The molecule has 0 aromatic heterocycles. The van der Waals surface area contributed by atoms with Gasteiger partial charge in [0.15, 0.2) is 0 Å². The molecule has 2 fully saturated rings. The normalized spacial score (nSPS) is 24.8. The number of carbonyl (C=O) groups excluding carboxylic acids is 1. The van der Waals surface area contributed by atoms with Gasteiger partial charge in [0.05, 0.1) is 13.0 Å².